The van der Waals surface area contributed by atoms with Crippen LogP contribution in [0.2, 0.25) is 0 Å². The second kappa shape index (κ2) is 6.17. The Bertz CT molecular complexity index is 707. The van der Waals surface area contributed by atoms with Gasteiger partial charge in [0.2, 0.25) is 0 Å². The molecule has 0 aromatic heterocycles. The van der Waals surface area contributed by atoms with Crippen LogP contribution >= 0.6 is 0 Å². The van der Waals surface area contributed by atoms with E-state index in [9.17, 15) is 27.2 Å². The molecule has 1 N–H and O–H groups in total. The Morgan fingerprint density at radius 3 is 2.30 bits per heavy atom. The number of benzene rings is 1. The Morgan fingerprint density at radius 2 is 1.83 bits per heavy atom. The number of amides is 1. The summed E-state index contributed by atoms with van der Waals surface area (Å²) in [5.74, 6) is -8.70. The number of carbonyl (C=O) groups is 2. The van der Waals surface area contributed by atoms with Gasteiger partial charge in [-0.05, 0) is 6.42 Å². The van der Waals surface area contributed by atoms with Crippen molar-refractivity contribution in [2.24, 2.45) is 0 Å². The fourth-order valence-corrected chi connectivity index (χ4v) is 2.62. The van der Waals surface area contributed by atoms with Crippen molar-refractivity contribution in [3.8, 4) is 0 Å². The van der Waals surface area contributed by atoms with Crippen molar-refractivity contribution in [2.75, 3.05) is 6.54 Å². The third-order valence-corrected chi connectivity index (χ3v) is 3.61. The number of ketones is 1. The minimum atomic E-state index is -1.64. The van der Waals surface area contributed by atoms with Crippen molar-refractivity contribution in [3.05, 3.63) is 40.4 Å². The number of halogens is 4. The second-order valence-corrected chi connectivity index (χ2v) is 4.91. The van der Waals surface area contributed by atoms with Gasteiger partial charge in [-0.15, -0.1) is 0 Å². The number of carbonyl (C=O) groups excluding carboxylic acids is 1. The molecule has 0 aliphatic carbocycles. The van der Waals surface area contributed by atoms with Crippen LogP contribution in [-0.4, -0.2) is 45.5 Å². The minimum absolute atomic E-state index is 0.0408. The van der Waals surface area contributed by atoms with Gasteiger partial charge >= 0.3 is 12.3 Å². The molecular weight excluding hydrogens is 322 g/mol. The smallest absolute Gasteiger partial charge is 0.407 e. The molecule has 1 aliphatic rings. The Morgan fingerprint density at radius 1 is 1.26 bits per heavy atom. The van der Waals surface area contributed by atoms with Crippen molar-refractivity contribution < 1.29 is 37.0 Å². The van der Waals surface area contributed by atoms with Gasteiger partial charge in [0.15, 0.2) is 23.3 Å². The maximum atomic E-state index is 13.8. The van der Waals surface area contributed by atoms with E-state index < -0.39 is 65.6 Å². The molecule has 0 bridgehead atoms. The summed E-state index contributed by atoms with van der Waals surface area (Å²) in [7, 11) is 0. The first-order valence-corrected chi connectivity index (χ1v) is 6.31. The lowest BCUT2D eigenvalue weighted by atomic mass is 9.94. The average molecular weight is 331 g/mol. The van der Waals surface area contributed by atoms with Gasteiger partial charge in [-0.1, -0.05) is 0 Å². The summed E-state index contributed by atoms with van der Waals surface area (Å²) in [6, 6.07) is -1.34. The maximum absolute atomic E-state index is 13.8. The fraction of sp³-hybridized carbons (Fsp3) is 0.308. The van der Waals surface area contributed by atoms with Gasteiger partial charge in [-0.2, -0.15) is 4.79 Å². The van der Waals surface area contributed by atoms with E-state index in [-0.39, 0.29) is 6.07 Å². The highest BCUT2D eigenvalue weighted by molar-refractivity contribution is 6.28. The van der Waals surface area contributed by atoms with Crippen LogP contribution in [0.5, 0.6) is 0 Å². The first-order chi connectivity index (χ1) is 10.8. The Hall–Kier alpha value is -2.74. The molecular formula is C13H9F4N3O3. The number of Topliss-reactive ketones (excluding diaryl/α,β-unsaturated/α-hetero) is 1. The van der Waals surface area contributed by atoms with Crippen LogP contribution < -0.4 is 0 Å². The molecule has 10 heteroatoms. The third kappa shape index (κ3) is 2.93. The monoisotopic (exact) mass is 331 g/mol. The molecule has 0 saturated carbocycles. The lowest BCUT2D eigenvalue weighted by Crippen LogP contribution is -2.40. The molecule has 1 aromatic carbocycles. The number of rotatable bonds is 3. The van der Waals surface area contributed by atoms with E-state index in [0.717, 1.165) is 0 Å². The van der Waals surface area contributed by atoms with E-state index in [1.807, 2.05) is 0 Å². The topological polar surface area (TPSA) is 94.0 Å². The zero-order chi connectivity index (χ0) is 17.3. The van der Waals surface area contributed by atoms with Crippen molar-refractivity contribution in [3.63, 3.8) is 0 Å². The fourth-order valence-electron chi connectivity index (χ4n) is 2.62. The third-order valence-electron chi connectivity index (χ3n) is 3.61. The molecule has 0 spiro atoms. The van der Waals surface area contributed by atoms with Crippen LogP contribution in [0, 0.1) is 23.3 Å². The molecule has 2 rings (SSSR count). The highest BCUT2D eigenvalue weighted by atomic mass is 19.2. The molecule has 1 fully saturated rings. The summed E-state index contributed by atoms with van der Waals surface area (Å²) in [5.41, 5.74) is 7.38. The molecule has 1 amide bonds. The first kappa shape index (κ1) is 16.6. The van der Waals surface area contributed by atoms with Gasteiger partial charge in [0.25, 0.3) is 5.78 Å². The van der Waals surface area contributed by atoms with Crippen LogP contribution in [0.3, 0.4) is 0 Å². The van der Waals surface area contributed by atoms with Crippen molar-refractivity contribution in [2.45, 2.75) is 18.4 Å². The van der Waals surface area contributed by atoms with E-state index in [1.165, 1.54) is 0 Å². The molecule has 6 nitrogen and oxygen atoms in total. The Balaban J connectivity index is 2.46. The molecule has 23 heavy (non-hydrogen) atoms. The van der Waals surface area contributed by atoms with Crippen LogP contribution in [-0.2, 0) is 4.79 Å². The standard InChI is InChI=1S/C13H9F4N3O3/c14-6-2-7(15)12(17)10(11(6)16)5-1-8(9(21)3-19-18)20(4-5)13(22)23/h2-3,5,8H,1,4H2,(H,22,23). The van der Waals surface area contributed by atoms with E-state index in [1.54, 1.807) is 0 Å². The van der Waals surface area contributed by atoms with Crippen molar-refractivity contribution in [1.82, 2.24) is 4.90 Å². The molecule has 1 aliphatic heterocycles. The van der Waals surface area contributed by atoms with Crippen LogP contribution in [0.15, 0.2) is 6.07 Å². The van der Waals surface area contributed by atoms with Gasteiger partial charge in [0.05, 0.1) is 0 Å². The molecule has 2 unspecified atom stereocenters. The second-order valence-electron chi connectivity index (χ2n) is 4.91. The maximum Gasteiger partial charge on any atom is 0.407 e. The highest BCUT2D eigenvalue weighted by Crippen LogP contribution is 2.36. The highest BCUT2D eigenvalue weighted by Gasteiger charge is 2.43. The van der Waals surface area contributed by atoms with E-state index in [0.29, 0.717) is 11.1 Å². The van der Waals surface area contributed by atoms with Gasteiger partial charge in [-0.25, -0.2) is 22.4 Å². The zero-order valence-corrected chi connectivity index (χ0v) is 11.3. The van der Waals surface area contributed by atoms with Crippen LogP contribution in [0.4, 0.5) is 22.4 Å². The first-order valence-electron chi connectivity index (χ1n) is 6.31. The summed E-state index contributed by atoms with van der Waals surface area (Å²) in [6.45, 7) is -0.540. The zero-order valence-electron chi connectivity index (χ0n) is 11.3. The molecule has 0 radical (unpaired) electrons. The summed E-state index contributed by atoms with van der Waals surface area (Å²) < 4.78 is 54.1. The molecule has 2 atom stereocenters. The van der Waals surface area contributed by atoms with Gasteiger partial charge in [0, 0.05) is 24.1 Å². The van der Waals surface area contributed by atoms with Gasteiger partial charge < -0.3 is 10.6 Å². The van der Waals surface area contributed by atoms with Crippen LogP contribution in [0.1, 0.15) is 17.9 Å². The summed E-state index contributed by atoms with van der Waals surface area (Å²) in [6.07, 6.45) is -1.52. The predicted molar refractivity (Wildman–Crippen MR) is 66.8 cm³/mol. The normalized spacial score (nSPS) is 20.3. The predicted octanol–water partition coefficient (Wildman–Crippen LogP) is 1.95. The Labute approximate surface area is 126 Å². The molecule has 122 valence electrons. The molecule has 1 heterocycles. The lowest BCUT2D eigenvalue weighted by molar-refractivity contribution is -0.119. The van der Waals surface area contributed by atoms with E-state index in [2.05, 4.69) is 4.79 Å². The van der Waals surface area contributed by atoms with Crippen molar-refractivity contribution in [1.29, 1.82) is 0 Å². The largest absolute Gasteiger partial charge is 0.465 e. The van der Waals surface area contributed by atoms with Gasteiger partial charge in [0.1, 0.15) is 6.04 Å². The summed E-state index contributed by atoms with van der Waals surface area (Å²) in [4.78, 5) is 25.9. The number of nitrogens with zero attached hydrogens (tertiary/aromatic N) is 3. The lowest BCUT2D eigenvalue weighted by Gasteiger charge is -2.17. The number of carboxylic acid groups (broad SMARTS) is 1. The van der Waals surface area contributed by atoms with Crippen molar-refractivity contribution >= 4 is 18.1 Å². The SMILES string of the molecule is [N-]=[N+]=CC(=O)C1CC(c2c(F)c(F)cc(F)c2F)CN1C(=O)O. The number of likely N-dealkylation sites (tertiary alicyclic amines) is 1. The van der Waals surface area contributed by atoms with Crippen LogP contribution in [0.25, 0.3) is 5.53 Å². The Kier molecular flexibility index (Phi) is 4.46. The van der Waals surface area contributed by atoms with E-state index in [4.69, 9.17) is 10.6 Å². The summed E-state index contributed by atoms with van der Waals surface area (Å²) in [5, 5.41) is 9.04. The number of hydrogen-bond acceptors (Lipinski definition) is 2. The molecule has 1 aromatic rings. The summed E-state index contributed by atoms with van der Waals surface area (Å²) >= 11 is 0. The number of hydrogen-bond donors (Lipinski definition) is 1. The average Bonchev–Trinajstić information content (AvgIpc) is 2.91. The minimum Gasteiger partial charge on any atom is -0.465 e. The van der Waals surface area contributed by atoms with E-state index >= 15 is 0 Å². The molecule has 1 saturated heterocycles. The quantitative estimate of drug-likeness (QED) is 0.301. The van der Waals surface area contributed by atoms with Gasteiger partial charge in [-0.3, -0.25) is 9.69 Å².